The number of hydrogen-bond acceptors (Lipinski definition) is 3. The molecule has 18 heavy (non-hydrogen) atoms. The van der Waals surface area contributed by atoms with Gasteiger partial charge in [-0.05, 0) is 28.9 Å². The van der Waals surface area contributed by atoms with Gasteiger partial charge in [0.15, 0.2) is 0 Å². The average molecular weight is 333 g/mol. The fourth-order valence-corrected chi connectivity index (χ4v) is 2.21. The fourth-order valence-electron chi connectivity index (χ4n) is 1.25. The van der Waals surface area contributed by atoms with Crippen molar-refractivity contribution < 1.29 is 14.3 Å². The van der Waals surface area contributed by atoms with Crippen LogP contribution in [0.2, 0.25) is 5.02 Å². The number of ether oxygens (including phenoxy) is 1. The van der Waals surface area contributed by atoms with Gasteiger partial charge in [0, 0.05) is 10.6 Å². The SMILES string of the molecule is CCOC(=O)/C(NC=O)=C(/Br)c1ccccc1Cl. The van der Waals surface area contributed by atoms with Crippen LogP contribution in [0.3, 0.4) is 0 Å². The van der Waals surface area contributed by atoms with Gasteiger partial charge in [0.05, 0.1) is 11.1 Å². The van der Waals surface area contributed by atoms with Crippen molar-refractivity contribution in [1.82, 2.24) is 5.32 Å². The molecule has 0 aliphatic heterocycles. The van der Waals surface area contributed by atoms with E-state index in [1.807, 2.05) is 0 Å². The lowest BCUT2D eigenvalue weighted by Crippen LogP contribution is -2.22. The van der Waals surface area contributed by atoms with Crippen LogP contribution in [0, 0.1) is 0 Å². The minimum absolute atomic E-state index is 0.0138. The van der Waals surface area contributed by atoms with Crippen molar-refractivity contribution in [3.05, 3.63) is 40.5 Å². The highest BCUT2D eigenvalue weighted by Crippen LogP contribution is 2.30. The van der Waals surface area contributed by atoms with E-state index in [-0.39, 0.29) is 12.3 Å². The molecule has 0 radical (unpaired) electrons. The van der Waals surface area contributed by atoms with Gasteiger partial charge in [-0.15, -0.1) is 0 Å². The number of rotatable bonds is 5. The smallest absolute Gasteiger partial charge is 0.356 e. The third-order valence-electron chi connectivity index (χ3n) is 2.01. The van der Waals surface area contributed by atoms with E-state index < -0.39 is 5.97 Å². The Bertz CT molecular complexity index is 488. The van der Waals surface area contributed by atoms with E-state index in [0.29, 0.717) is 21.5 Å². The molecule has 1 aromatic rings. The summed E-state index contributed by atoms with van der Waals surface area (Å²) in [7, 11) is 0. The molecule has 0 atom stereocenters. The molecule has 0 fully saturated rings. The van der Waals surface area contributed by atoms with Crippen molar-refractivity contribution in [3.8, 4) is 0 Å². The highest BCUT2D eigenvalue weighted by atomic mass is 79.9. The molecular weight excluding hydrogens is 321 g/mol. The zero-order valence-electron chi connectivity index (χ0n) is 9.57. The van der Waals surface area contributed by atoms with Crippen LogP contribution in [0.1, 0.15) is 12.5 Å². The number of carbonyl (C=O) groups excluding carboxylic acids is 2. The quantitative estimate of drug-likeness (QED) is 0.512. The van der Waals surface area contributed by atoms with Crippen molar-refractivity contribution in [1.29, 1.82) is 0 Å². The Kier molecular flexibility index (Phi) is 5.88. The summed E-state index contributed by atoms with van der Waals surface area (Å²) in [5.41, 5.74) is 0.608. The van der Waals surface area contributed by atoms with Gasteiger partial charge in [-0.1, -0.05) is 29.8 Å². The number of halogens is 2. The summed E-state index contributed by atoms with van der Waals surface area (Å²) in [6.45, 7) is 1.89. The Hall–Kier alpha value is -1.33. The van der Waals surface area contributed by atoms with Crippen LogP contribution in [0.25, 0.3) is 4.48 Å². The minimum atomic E-state index is -0.628. The largest absolute Gasteiger partial charge is 0.461 e. The third-order valence-corrected chi connectivity index (χ3v) is 3.17. The molecule has 0 aliphatic rings. The van der Waals surface area contributed by atoms with Crippen LogP contribution in [0.4, 0.5) is 0 Å². The summed E-state index contributed by atoms with van der Waals surface area (Å²) >= 11 is 9.26. The second-order valence-corrected chi connectivity index (χ2v) is 4.35. The van der Waals surface area contributed by atoms with Gasteiger partial charge in [-0.25, -0.2) is 4.79 Å². The van der Waals surface area contributed by atoms with Crippen molar-refractivity contribution in [2.24, 2.45) is 0 Å². The summed E-state index contributed by atoms with van der Waals surface area (Å²) in [4.78, 5) is 22.2. The summed E-state index contributed by atoms with van der Waals surface area (Å²) < 4.78 is 5.22. The molecule has 1 rings (SSSR count). The van der Waals surface area contributed by atoms with Gasteiger partial charge >= 0.3 is 5.97 Å². The molecule has 0 spiro atoms. The lowest BCUT2D eigenvalue weighted by Gasteiger charge is -2.10. The zero-order chi connectivity index (χ0) is 13.5. The second-order valence-electron chi connectivity index (χ2n) is 3.15. The van der Waals surface area contributed by atoms with E-state index in [0.717, 1.165) is 0 Å². The lowest BCUT2D eigenvalue weighted by molar-refractivity contribution is -0.139. The average Bonchev–Trinajstić information content (AvgIpc) is 2.36. The second kappa shape index (κ2) is 7.18. The highest BCUT2D eigenvalue weighted by molar-refractivity contribution is 9.15. The first-order chi connectivity index (χ1) is 8.61. The third kappa shape index (κ3) is 3.58. The summed E-state index contributed by atoms with van der Waals surface area (Å²) in [5.74, 6) is -0.628. The summed E-state index contributed by atoms with van der Waals surface area (Å²) in [6, 6.07) is 6.94. The monoisotopic (exact) mass is 331 g/mol. The fraction of sp³-hybridized carbons (Fsp3) is 0.167. The molecule has 1 aromatic carbocycles. The first kappa shape index (κ1) is 14.7. The van der Waals surface area contributed by atoms with Crippen LogP contribution < -0.4 is 5.32 Å². The molecule has 1 N–H and O–H groups in total. The van der Waals surface area contributed by atoms with Gasteiger partial charge < -0.3 is 10.1 Å². The molecule has 0 unspecified atom stereocenters. The summed E-state index contributed by atoms with van der Waals surface area (Å²) in [6.07, 6.45) is 0.407. The van der Waals surface area contributed by atoms with Crippen molar-refractivity contribution in [3.63, 3.8) is 0 Å². The number of nitrogens with one attached hydrogen (secondary N) is 1. The Labute approximate surface area is 118 Å². The molecular formula is C12H11BrClNO3. The van der Waals surface area contributed by atoms with Crippen LogP contribution >= 0.6 is 27.5 Å². The molecule has 1 amide bonds. The topological polar surface area (TPSA) is 55.4 Å². The number of carbonyl (C=O) groups is 2. The molecule has 4 nitrogen and oxygen atoms in total. The van der Waals surface area contributed by atoms with Gasteiger partial charge in [0.2, 0.25) is 6.41 Å². The first-order valence-corrected chi connectivity index (χ1v) is 6.30. The van der Waals surface area contributed by atoms with Crippen LogP contribution in [0.15, 0.2) is 30.0 Å². The van der Waals surface area contributed by atoms with E-state index in [2.05, 4.69) is 21.2 Å². The highest BCUT2D eigenvalue weighted by Gasteiger charge is 2.17. The van der Waals surface area contributed by atoms with Crippen molar-refractivity contribution in [2.75, 3.05) is 6.61 Å². The molecule has 0 aromatic heterocycles. The zero-order valence-corrected chi connectivity index (χ0v) is 11.9. The molecule has 96 valence electrons. The van der Waals surface area contributed by atoms with E-state index in [1.165, 1.54) is 0 Å². The number of benzene rings is 1. The van der Waals surface area contributed by atoms with Crippen molar-refractivity contribution in [2.45, 2.75) is 6.92 Å². The summed E-state index contributed by atoms with van der Waals surface area (Å²) in [5, 5.41) is 2.77. The van der Waals surface area contributed by atoms with Gasteiger partial charge in [-0.3, -0.25) is 4.79 Å². The maximum absolute atomic E-state index is 11.7. The van der Waals surface area contributed by atoms with E-state index >= 15 is 0 Å². The maximum atomic E-state index is 11.7. The number of esters is 1. The molecule has 0 heterocycles. The Morgan fingerprint density at radius 2 is 2.17 bits per heavy atom. The maximum Gasteiger partial charge on any atom is 0.356 e. The predicted molar refractivity (Wildman–Crippen MR) is 73.1 cm³/mol. The Morgan fingerprint density at radius 1 is 1.50 bits per heavy atom. The van der Waals surface area contributed by atoms with Gasteiger partial charge in [-0.2, -0.15) is 0 Å². The first-order valence-electron chi connectivity index (χ1n) is 5.13. The predicted octanol–water partition coefficient (Wildman–Crippen LogP) is 2.71. The molecule has 0 aliphatic carbocycles. The van der Waals surface area contributed by atoms with E-state index in [9.17, 15) is 9.59 Å². The number of amides is 1. The van der Waals surface area contributed by atoms with Crippen molar-refractivity contribution >= 4 is 44.4 Å². The molecule has 0 saturated carbocycles. The Morgan fingerprint density at radius 3 is 2.72 bits per heavy atom. The minimum Gasteiger partial charge on any atom is -0.461 e. The normalized spacial score (nSPS) is 11.5. The van der Waals surface area contributed by atoms with E-state index in [4.69, 9.17) is 16.3 Å². The molecule has 0 saturated heterocycles. The van der Waals surface area contributed by atoms with Crippen LogP contribution in [0.5, 0.6) is 0 Å². The standard InChI is InChI=1S/C12H11BrClNO3/c1-2-18-12(17)11(15-7-16)10(13)8-5-3-4-6-9(8)14/h3-7H,2H2,1H3,(H,15,16)/b11-10-. The van der Waals surface area contributed by atoms with Crippen LogP contribution in [-0.4, -0.2) is 19.0 Å². The lowest BCUT2D eigenvalue weighted by atomic mass is 10.2. The van der Waals surface area contributed by atoms with Gasteiger partial charge in [0.25, 0.3) is 0 Å². The molecule has 0 bridgehead atoms. The number of hydrogen-bond donors (Lipinski definition) is 1. The van der Waals surface area contributed by atoms with E-state index in [1.54, 1.807) is 31.2 Å². The van der Waals surface area contributed by atoms with Crippen LogP contribution in [-0.2, 0) is 14.3 Å². The van der Waals surface area contributed by atoms with Gasteiger partial charge in [0.1, 0.15) is 5.70 Å². The molecule has 6 heteroatoms. The Balaban J connectivity index is 3.23.